The molecule has 2 aliphatic rings. The van der Waals surface area contributed by atoms with E-state index in [0.717, 1.165) is 61.5 Å². The number of nitriles is 1. The van der Waals surface area contributed by atoms with Gasteiger partial charge >= 0.3 is 5.97 Å². The maximum absolute atomic E-state index is 14.2. The van der Waals surface area contributed by atoms with Crippen molar-refractivity contribution in [3.05, 3.63) is 88.6 Å². The summed E-state index contributed by atoms with van der Waals surface area (Å²) in [6.07, 6.45) is 2.96. The molecule has 1 atom stereocenters. The van der Waals surface area contributed by atoms with E-state index in [9.17, 15) is 14.3 Å². The number of carbonyl (C=O) groups is 1. The van der Waals surface area contributed by atoms with Gasteiger partial charge in [-0.05, 0) is 68.8 Å². The van der Waals surface area contributed by atoms with E-state index in [0.29, 0.717) is 24.5 Å². The number of benzene rings is 2. The molecule has 210 valence electrons. The van der Waals surface area contributed by atoms with Crippen molar-refractivity contribution in [3.8, 4) is 11.9 Å². The second-order valence-electron chi connectivity index (χ2n) is 10.6. The highest BCUT2D eigenvalue weighted by molar-refractivity contribution is 5.92. The van der Waals surface area contributed by atoms with Crippen molar-refractivity contribution >= 4 is 17.0 Å². The third-order valence-electron chi connectivity index (χ3n) is 7.93. The fourth-order valence-corrected chi connectivity index (χ4v) is 5.47. The number of likely N-dealkylation sites (tertiary alicyclic amines) is 1. The van der Waals surface area contributed by atoms with Crippen molar-refractivity contribution in [2.45, 2.75) is 51.0 Å². The van der Waals surface area contributed by atoms with Crippen LogP contribution in [0.5, 0.6) is 5.88 Å². The van der Waals surface area contributed by atoms with E-state index in [4.69, 9.17) is 24.7 Å². The molecule has 0 amide bonds. The number of halogens is 1. The highest BCUT2D eigenvalue weighted by atomic mass is 19.1. The largest absolute Gasteiger partial charge is 0.478 e. The molecular weight excluding hydrogens is 525 g/mol. The van der Waals surface area contributed by atoms with Gasteiger partial charge in [-0.3, -0.25) is 4.90 Å². The molecule has 41 heavy (non-hydrogen) atoms. The lowest BCUT2D eigenvalue weighted by Gasteiger charge is -2.32. The standard InChI is InChI=1S/C31H30FN5O4/c32-25-14-20(16-33)4-5-23(25)19-41-30-3-1-2-26(35-30)21-8-11-36(12-9-21)18-29-34-27-7-6-22(31(38)39)15-28(27)37(29)17-24-10-13-40-24/h1-7,14-15,21,24H,8-13,17-19H2,(H,38,39)/t24-/m1/s1. The summed E-state index contributed by atoms with van der Waals surface area (Å²) in [5.41, 5.74) is 3.47. The van der Waals surface area contributed by atoms with Gasteiger partial charge in [0.2, 0.25) is 5.88 Å². The average molecular weight is 556 g/mol. The fraction of sp³-hybridized carbons (Fsp3) is 0.355. The van der Waals surface area contributed by atoms with Crippen LogP contribution < -0.4 is 4.74 Å². The molecule has 0 unspecified atom stereocenters. The van der Waals surface area contributed by atoms with Crippen molar-refractivity contribution in [2.24, 2.45) is 0 Å². The summed E-state index contributed by atoms with van der Waals surface area (Å²) in [6, 6.07) is 17.0. The Hall–Kier alpha value is -4.33. The first kappa shape index (κ1) is 26.9. The van der Waals surface area contributed by atoms with Gasteiger partial charge in [0.25, 0.3) is 0 Å². The quantitative estimate of drug-likeness (QED) is 0.311. The van der Waals surface area contributed by atoms with E-state index in [-0.39, 0.29) is 29.8 Å². The third kappa shape index (κ3) is 5.92. The van der Waals surface area contributed by atoms with Crippen LogP contribution >= 0.6 is 0 Å². The fourth-order valence-electron chi connectivity index (χ4n) is 5.47. The van der Waals surface area contributed by atoms with Crippen molar-refractivity contribution in [1.82, 2.24) is 19.4 Å². The highest BCUT2D eigenvalue weighted by Gasteiger charge is 2.26. The van der Waals surface area contributed by atoms with Crippen LogP contribution in [-0.4, -0.2) is 56.3 Å². The summed E-state index contributed by atoms with van der Waals surface area (Å²) in [4.78, 5) is 23.5. The van der Waals surface area contributed by atoms with Crippen LogP contribution in [0.15, 0.2) is 54.6 Å². The molecule has 0 bridgehead atoms. The van der Waals surface area contributed by atoms with Crippen LogP contribution in [0.1, 0.15) is 58.2 Å². The van der Waals surface area contributed by atoms with Crippen LogP contribution in [-0.2, 0) is 24.4 Å². The Bertz CT molecular complexity index is 1620. The first-order valence-corrected chi connectivity index (χ1v) is 13.8. The molecular formula is C31H30FN5O4. The number of rotatable bonds is 9. The zero-order chi connectivity index (χ0) is 28.3. The van der Waals surface area contributed by atoms with Crippen LogP contribution in [0, 0.1) is 17.1 Å². The van der Waals surface area contributed by atoms with Gasteiger partial charge < -0.3 is 19.1 Å². The Morgan fingerprint density at radius 3 is 2.66 bits per heavy atom. The second kappa shape index (κ2) is 11.6. The van der Waals surface area contributed by atoms with E-state index >= 15 is 0 Å². The molecule has 2 aromatic carbocycles. The lowest BCUT2D eigenvalue weighted by molar-refractivity contribution is -0.0592. The van der Waals surface area contributed by atoms with Gasteiger partial charge in [-0.2, -0.15) is 5.26 Å². The zero-order valence-electron chi connectivity index (χ0n) is 22.5. The number of ether oxygens (including phenoxy) is 2. The molecule has 2 saturated heterocycles. The minimum absolute atomic E-state index is 0.0350. The van der Waals surface area contributed by atoms with Gasteiger partial charge in [0.1, 0.15) is 18.2 Å². The van der Waals surface area contributed by atoms with E-state index in [2.05, 4.69) is 9.47 Å². The molecule has 0 radical (unpaired) electrons. The van der Waals surface area contributed by atoms with Gasteiger partial charge in [0.15, 0.2) is 0 Å². The number of hydrogen-bond donors (Lipinski definition) is 1. The first-order valence-electron chi connectivity index (χ1n) is 13.8. The van der Waals surface area contributed by atoms with Crippen LogP contribution in [0.25, 0.3) is 11.0 Å². The lowest BCUT2D eigenvalue weighted by atomic mass is 9.93. The zero-order valence-corrected chi connectivity index (χ0v) is 22.5. The Kier molecular flexibility index (Phi) is 7.63. The van der Waals surface area contributed by atoms with Gasteiger partial charge in [-0.15, -0.1) is 0 Å². The summed E-state index contributed by atoms with van der Waals surface area (Å²) in [5.74, 6) is 0.222. The number of pyridine rings is 1. The number of aromatic carboxylic acids is 1. The van der Waals surface area contributed by atoms with E-state index in [1.54, 1.807) is 36.4 Å². The average Bonchev–Trinajstić information content (AvgIpc) is 3.30. The predicted molar refractivity (Wildman–Crippen MR) is 148 cm³/mol. The number of aromatic nitrogens is 3. The van der Waals surface area contributed by atoms with Crippen LogP contribution in [0.4, 0.5) is 4.39 Å². The van der Waals surface area contributed by atoms with Crippen molar-refractivity contribution in [1.29, 1.82) is 5.26 Å². The second-order valence-corrected chi connectivity index (χ2v) is 10.6. The molecule has 1 N–H and O–H groups in total. The third-order valence-corrected chi connectivity index (χ3v) is 7.93. The molecule has 4 aromatic rings. The maximum Gasteiger partial charge on any atom is 0.335 e. The number of fused-ring (bicyclic) bond motifs is 1. The summed E-state index contributed by atoms with van der Waals surface area (Å²) in [6.45, 7) is 3.87. The van der Waals surface area contributed by atoms with Crippen molar-refractivity contribution in [3.63, 3.8) is 0 Å². The predicted octanol–water partition coefficient (Wildman–Crippen LogP) is 4.89. The van der Waals surface area contributed by atoms with Gasteiger partial charge in [-0.1, -0.05) is 12.1 Å². The maximum atomic E-state index is 14.2. The van der Waals surface area contributed by atoms with E-state index < -0.39 is 11.8 Å². The molecule has 0 aliphatic carbocycles. The Balaban J connectivity index is 1.10. The normalized spacial score (nSPS) is 17.7. The number of imidazole rings is 1. The van der Waals surface area contributed by atoms with Crippen molar-refractivity contribution in [2.75, 3.05) is 19.7 Å². The summed E-state index contributed by atoms with van der Waals surface area (Å²) in [7, 11) is 0. The number of piperidine rings is 1. The van der Waals surface area contributed by atoms with Crippen LogP contribution in [0.2, 0.25) is 0 Å². The smallest absolute Gasteiger partial charge is 0.335 e. The Morgan fingerprint density at radius 2 is 1.95 bits per heavy atom. The molecule has 2 fully saturated rings. The summed E-state index contributed by atoms with van der Waals surface area (Å²) in [5, 5.41) is 18.4. The first-order chi connectivity index (χ1) is 20.0. The highest BCUT2D eigenvalue weighted by Crippen LogP contribution is 2.30. The SMILES string of the molecule is N#Cc1ccc(COc2cccc(C3CCN(Cc4nc5ccc(C(=O)O)cc5n4C[C@H]4CCO4)CC3)n2)c(F)c1. The van der Waals surface area contributed by atoms with Gasteiger partial charge in [-0.25, -0.2) is 19.2 Å². The molecule has 0 spiro atoms. The van der Waals surface area contributed by atoms with E-state index in [1.165, 1.54) is 6.07 Å². The van der Waals surface area contributed by atoms with E-state index in [1.807, 2.05) is 18.2 Å². The van der Waals surface area contributed by atoms with Gasteiger partial charge in [0.05, 0.1) is 47.4 Å². The number of carboxylic acids is 1. The molecule has 0 saturated carbocycles. The topological polar surface area (TPSA) is 114 Å². The molecule has 2 aromatic heterocycles. The number of hydrogen-bond acceptors (Lipinski definition) is 7. The minimum atomic E-state index is -0.951. The molecule has 10 heteroatoms. The van der Waals surface area contributed by atoms with Crippen LogP contribution in [0.3, 0.4) is 0 Å². The molecule has 2 aliphatic heterocycles. The Labute approximate surface area is 236 Å². The monoisotopic (exact) mass is 555 g/mol. The van der Waals surface area contributed by atoms with Gasteiger partial charge in [0, 0.05) is 29.8 Å². The summed E-state index contributed by atoms with van der Waals surface area (Å²) >= 11 is 0. The number of carboxylic acid groups (broad SMARTS) is 1. The van der Waals surface area contributed by atoms with Crippen molar-refractivity contribution < 1.29 is 23.8 Å². The summed E-state index contributed by atoms with van der Waals surface area (Å²) < 4.78 is 27.8. The molecule has 6 rings (SSSR count). The molecule has 9 nitrogen and oxygen atoms in total. The minimum Gasteiger partial charge on any atom is -0.478 e. The lowest BCUT2D eigenvalue weighted by Crippen LogP contribution is -2.35. The Morgan fingerprint density at radius 1 is 1.12 bits per heavy atom. The number of nitrogens with zero attached hydrogens (tertiary/aromatic N) is 5. The molecule has 4 heterocycles.